The average Bonchev–Trinajstić information content (AvgIpc) is 2.65. The van der Waals surface area contributed by atoms with Crippen LogP contribution in [-0.4, -0.2) is 50.1 Å². The lowest BCUT2D eigenvalue weighted by molar-refractivity contribution is -0.893. The summed E-state index contributed by atoms with van der Waals surface area (Å²) in [6, 6.07) is 0. The molecule has 1 N–H and O–H groups in total. The third kappa shape index (κ3) is 5.65. The highest BCUT2D eigenvalue weighted by Crippen LogP contribution is 2.27. The maximum atomic E-state index is 3.81. The Morgan fingerprint density at radius 3 is 2.50 bits per heavy atom. The highest BCUT2D eigenvalue weighted by molar-refractivity contribution is 9.09. The fourth-order valence-electron chi connectivity index (χ4n) is 2.89. The molecule has 0 spiro atoms. The number of nitrogens with one attached hydrogen (secondary N) is 1. The number of hydrogen-bond acceptors (Lipinski definition) is 1. The van der Waals surface area contributed by atoms with Crippen LogP contribution in [0.3, 0.4) is 0 Å². The summed E-state index contributed by atoms with van der Waals surface area (Å²) >= 11 is 3.81. The Balaban J connectivity index is 2.25. The molecule has 1 aliphatic rings. The van der Waals surface area contributed by atoms with E-state index in [9.17, 15) is 0 Å². The summed E-state index contributed by atoms with van der Waals surface area (Å²) in [7, 11) is 6.79. The van der Waals surface area contributed by atoms with Crippen LogP contribution >= 0.6 is 15.9 Å². The molecule has 0 heterocycles. The van der Waals surface area contributed by atoms with E-state index in [1.54, 1.807) is 0 Å². The smallest absolute Gasteiger partial charge is 0.0910 e. The van der Waals surface area contributed by atoms with E-state index in [-0.39, 0.29) is 0 Å². The second kappa shape index (κ2) is 6.97. The van der Waals surface area contributed by atoms with E-state index in [4.69, 9.17) is 0 Å². The van der Waals surface area contributed by atoms with E-state index in [1.165, 1.54) is 49.7 Å². The minimum absolute atomic E-state index is 0.649. The van der Waals surface area contributed by atoms with Crippen LogP contribution in [0.15, 0.2) is 0 Å². The molecule has 0 radical (unpaired) electrons. The maximum Gasteiger partial charge on any atom is 0.0910 e. The van der Waals surface area contributed by atoms with Gasteiger partial charge in [-0.25, -0.2) is 0 Å². The van der Waals surface area contributed by atoms with Crippen molar-refractivity contribution in [3.8, 4) is 0 Å². The second-order valence-electron chi connectivity index (χ2n) is 5.94. The van der Waals surface area contributed by atoms with Gasteiger partial charge < -0.3 is 9.80 Å². The molecule has 1 saturated carbocycles. The fourth-order valence-corrected chi connectivity index (χ4v) is 3.91. The molecule has 2 nitrogen and oxygen atoms in total. The first-order chi connectivity index (χ1) is 7.53. The zero-order valence-corrected chi connectivity index (χ0v) is 12.7. The molecule has 0 saturated heterocycles. The van der Waals surface area contributed by atoms with Crippen molar-refractivity contribution in [2.45, 2.75) is 36.9 Å². The number of hydrogen-bond donors (Lipinski definition) is 1. The van der Waals surface area contributed by atoms with Gasteiger partial charge in [-0.05, 0) is 32.9 Å². The first-order valence-corrected chi connectivity index (χ1v) is 7.56. The van der Waals surface area contributed by atoms with Crippen molar-refractivity contribution < 1.29 is 4.48 Å². The zero-order chi connectivity index (χ0) is 12.0. The first kappa shape index (κ1) is 14.5. The predicted octanol–water partition coefficient (Wildman–Crippen LogP) is 2.63. The quantitative estimate of drug-likeness (QED) is 0.562. The van der Waals surface area contributed by atoms with Crippen molar-refractivity contribution in [3.05, 3.63) is 0 Å². The lowest BCUT2D eigenvalue weighted by Crippen LogP contribution is -2.47. The topological polar surface area (TPSA) is 12.0 Å². The van der Waals surface area contributed by atoms with E-state index in [0.717, 1.165) is 12.5 Å². The number of rotatable bonds is 7. The largest absolute Gasteiger partial charge is 0.327 e. The van der Waals surface area contributed by atoms with Crippen LogP contribution in [0.25, 0.3) is 0 Å². The van der Waals surface area contributed by atoms with Crippen LogP contribution in [0.1, 0.15) is 32.1 Å². The Hall–Kier alpha value is 0.400. The van der Waals surface area contributed by atoms with Gasteiger partial charge in [-0.2, -0.15) is 0 Å². The molecule has 16 heavy (non-hydrogen) atoms. The van der Waals surface area contributed by atoms with E-state index in [2.05, 4.69) is 35.3 Å². The molecule has 1 unspecified atom stereocenters. The highest BCUT2D eigenvalue weighted by atomic mass is 79.9. The van der Waals surface area contributed by atoms with Gasteiger partial charge in [0.1, 0.15) is 0 Å². The minimum atomic E-state index is 0.649. The fraction of sp³-hybridized carbons (Fsp3) is 1.00. The predicted molar refractivity (Wildman–Crippen MR) is 75.1 cm³/mol. The number of nitrogens with zero attached hydrogens (tertiary/aromatic N) is 1. The van der Waals surface area contributed by atoms with Crippen molar-refractivity contribution in [2.75, 3.05) is 40.8 Å². The zero-order valence-electron chi connectivity index (χ0n) is 11.1. The van der Waals surface area contributed by atoms with Crippen LogP contribution in [-0.2, 0) is 0 Å². The third-order valence-corrected chi connectivity index (χ3v) is 4.37. The molecular weight excluding hydrogens is 264 g/mol. The van der Waals surface area contributed by atoms with Crippen molar-refractivity contribution in [1.29, 1.82) is 0 Å². The summed E-state index contributed by atoms with van der Waals surface area (Å²) in [6.45, 7) is 3.72. The van der Waals surface area contributed by atoms with Gasteiger partial charge in [0.2, 0.25) is 0 Å². The van der Waals surface area contributed by atoms with E-state index in [1.807, 2.05) is 7.05 Å². The molecule has 1 fully saturated rings. The molecule has 0 aromatic heterocycles. The summed E-state index contributed by atoms with van der Waals surface area (Å²) in [5.41, 5.74) is 0. The summed E-state index contributed by atoms with van der Waals surface area (Å²) in [6.07, 6.45) is 7.07. The van der Waals surface area contributed by atoms with Gasteiger partial charge in [0.15, 0.2) is 0 Å². The molecule has 1 rings (SSSR count). The first-order valence-electron chi connectivity index (χ1n) is 6.64. The molecule has 3 heteroatoms. The summed E-state index contributed by atoms with van der Waals surface area (Å²) in [5, 5.41) is 3.22. The Kier molecular flexibility index (Phi) is 6.30. The number of halogens is 1. The molecule has 0 bridgehead atoms. The molecule has 0 aliphatic heterocycles. The van der Waals surface area contributed by atoms with Crippen LogP contribution in [0.4, 0.5) is 0 Å². The Morgan fingerprint density at radius 2 is 1.94 bits per heavy atom. The molecule has 96 valence electrons. The number of quaternary nitrogens is 1. The molecule has 0 amide bonds. The molecule has 1 aliphatic carbocycles. The van der Waals surface area contributed by atoms with Crippen molar-refractivity contribution >= 4 is 15.9 Å². The van der Waals surface area contributed by atoms with Gasteiger partial charge in [-0.1, -0.05) is 28.8 Å². The van der Waals surface area contributed by atoms with Gasteiger partial charge in [-0.15, -0.1) is 0 Å². The normalized spacial score (nSPS) is 20.2. The standard InChI is InChI=1S/C13H28BrN2/c1-15-9-8-13(14)11-16(2,3)10-12-6-4-5-7-12/h12-13,15H,4-11H2,1-3H3/q+1. The van der Waals surface area contributed by atoms with Crippen LogP contribution in [0, 0.1) is 5.92 Å². The average molecular weight is 292 g/mol. The van der Waals surface area contributed by atoms with Crippen LogP contribution in [0.2, 0.25) is 0 Å². The molecule has 0 aromatic carbocycles. The second-order valence-corrected chi connectivity index (χ2v) is 7.24. The molecule has 0 aromatic rings. The summed E-state index contributed by atoms with van der Waals surface area (Å²) < 4.78 is 1.17. The van der Waals surface area contributed by atoms with Gasteiger partial charge in [0.05, 0.1) is 32.0 Å². The van der Waals surface area contributed by atoms with Crippen molar-refractivity contribution in [3.63, 3.8) is 0 Å². The lowest BCUT2D eigenvalue weighted by Gasteiger charge is -2.34. The van der Waals surface area contributed by atoms with Gasteiger partial charge in [-0.3, -0.25) is 0 Å². The van der Waals surface area contributed by atoms with Crippen LogP contribution in [0.5, 0.6) is 0 Å². The summed E-state index contributed by atoms with van der Waals surface area (Å²) in [5.74, 6) is 0.985. The Morgan fingerprint density at radius 1 is 1.31 bits per heavy atom. The van der Waals surface area contributed by atoms with Crippen molar-refractivity contribution in [2.24, 2.45) is 5.92 Å². The highest BCUT2D eigenvalue weighted by Gasteiger charge is 2.26. The maximum absolute atomic E-state index is 3.81. The summed E-state index contributed by atoms with van der Waals surface area (Å²) in [4.78, 5) is 0.649. The monoisotopic (exact) mass is 291 g/mol. The Bertz CT molecular complexity index is 188. The number of alkyl halides is 1. The van der Waals surface area contributed by atoms with Crippen molar-refractivity contribution in [1.82, 2.24) is 5.32 Å². The van der Waals surface area contributed by atoms with E-state index >= 15 is 0 Å². The van der Waals surface area contributed by atoms with E-state index in [0.29, 0.717) is 4.83 Å². The molecule has 1 atom stereocenters. The van der Waals surface area contributed by atoms with Gasteiger partial charge in [0, 0.05) is 5.92 Å². The van der Waals surface area contributed by atoms with E-state index < -0.39 is 0 Å². The third-order valence-electron chi connectivity index (χ3n) is 3.63. The lowest BCUT2D eigenvalue weighted by atomic mass is 10.1. The minimum Gasteiger partial charge on any atom is -0.327 e. The Labute approximate surface area is 109 Å². The van der Waals surface area contributed by atoms with Gasteiger partial charge >= 0.3 is 0 Å². The SMILES string of the molecule is CNCCC(Br)C[N+](C)(C)CC1CCCC1. The van der Waals surface area contributed by atoms with Gasteiger partial charge in [0.25, 0.3) is 0 Å². The molecular formula is C13H28BrN2+. The van der Waals surface area contributed by atoms with Crippen LogP contribution < -0.4 is 5.32 Å².